The predicted molar refractivity (Wildman–Crippen MR) is 67.2 cm³/mol. The average Bonchev–Trinajstić information content (AvgIpc) is 2.29. The third-order valence-corrected chi connectivity index (χ3v) is 4.03. The highest BCUT2D eigenvalue weighted by molar-refractivity contribution is 4.89. The van der Waals surface area contributed by atoms with Gasteiger partial charge in [0.25, 0.3) is 0 Å². The third-order valence-electron chi connectivity index (χ3n) is 4.03. The Labute approximate surface area is 95.4 Å². The van der Waals surface area contributed by atoms with Gasteiger partial charge in [-0.05, 0) is 45.3 Å². The van der Waals surface area contributed by atoms with Gasteiger partial charge in [-0.3, -0.25) is 0 Å². The molecule has 0 aromatic heterocycles. The molecule has 90 valence electrons. The van der Waals surface area contributed by atoms with Crippen molar-refractivity contribution in [1.29, 1.82) is 0 Å². The Morgan fingerprint density at radius 3 is 2.47 bits per heavy atom. The second kappa shape index (κ2) is 6.49. The number of hydrogen-bond acceptors (Lipinski definition) is 2. The lowest BCUT2D eigenvalue weighted by atomic mass is 9.80. The van der Waals surface area contributed by atoms with Gasteiger partial charge >= 0.3 is 0 Å². The van der Waals surface area contributed by atoms with Crippen molar-refractivity contribution in [3.05, 3.63) is 0 Å². The number of hydrogen-bond donors (Lipinski definition) is 1. The van der Waals surface area contributed by atoms with E-state index in [9.17, 15) is 0 Å². The molecule has 0 heterocycles. The first-order chi connectivity index (χ1) is 7.22. The number of nitrogens with zero attached hydrogens (tertiary/aromatic N) is 1. The Morgan fingerprint density at radius 1 is 1.20 bits per heavy atom. The fourth-order valence-corrected chi connectivity index (χ4v) is 2.82. The van der Waals surface area contributed by atoms with Gasteiger partial charge in [-0.1, -0.05) is 27.2 Å². The minimum Gasteiger partial charge on any atom is -0.313 e. The van der Waals surface area contributed by atoms with Gasteiger partial charge < -0.3 is 10.2 Å². The molecule has 0 amide bonds. The van der Waals surface area contributed by atoms with Crippen molar-refractivity contribution in [2.45, 2.75) is 58.5 Å². The maximum atomic E-state index is 3.65. The second-order valence-corrected chi connectivity index (χ2v) is 4.89. The van der Waals surface area contributed by atoms with E-state index in [-0.39, 0.29) is 0 Å². The summed E-state index contributed by atoms with van der Waals surface area (Å²) in [6.07, 6.45) is 5.52. The van der Waals surface area contributed by atoms with Gasteiger partial charge in [0.15, 0.2) is 0 Å². The molecule has 3 unspecified atom stereocenters. The van der Waals surface area contributed by atoms with Gasteiger partial charge in [0, 0.05) is 12.1 Å². The summed E-state index contributed by atoms with van der Waals surface area (Å²) < 4.78 is 0. The maximum Gasteiger partial charge on any atom is 0.0248 e. The quantitative estimate of drug-likeness (QED) is 0.753. The number of nitrogens with one attached hydrogen (secondary N) is 1. The molecule has 0 spiro atoms. The summed E-state index contributed by atoms with van der Waals surface area (Å²) in [7, 11) is 2.27. The van der Waals surface area contributed by atoms with E-state index in [4.69, 9.17) is 0 Å². The molecule has 1 fully saturated rings. The number of rotatable bonds is 5. The van der Waals surface area contributed by atoms with Crippen molar-refractivity contribution >= 4 is 0 Å². The summed E-state index contributed by atoms with van der Waals surface area (Å²) in [6.45, 7) is 9.09. The molecule has 0 aromatic rings. The van der Waals surface area contributed by atoms with Gasteiger partial charge in [-0.25, -0.2) is 0 Å². The van der Waals surface area contributed by atoms with Gasteiger partial charge in [-0.15, -0.1) is 0 Å². The number of likely N-dealkylation sites (N-methyl/N-ethyl adjacent to an activating group) is 2. The van der Waals surface area contributed by atoms with Crippen molar-refractivity contribution in [3.8, 4) is 0 Å². The van der Waals surface area contributed by atoms with Gasteiger partial charge in [0.05, 0.1) is 0 Å². The SMILES string of the molecule is CCNC1CCC(CC)CC1N(C)CC. The summed E-state index contributed by atoms with van der Waals surface area (Å²) in [6, 6.07) is 1.48. The lowest BCUT2D eigenvalue weighted by molar-refractivity contribution is 0.123. The van der Waals surface area contributed by atoms with Crippen molar-refractivity contribution in [3.63, 3.8) is 0 Å². The Hall–Kier alpha value is -0.0800. The van der Waals surface area contributed by atoms with Crippen LogP contribution in [-0.4, -0.2) is 37.1 Å². The third kappa shape index (κ3) is 3.46. The van der Waals surface area contributed by atoms with Crippen LogP contribution in [0.25, 0.3) is 0 Å². The largest absolute Gasteiger partial charge is 0.313 e. The second-order valence-electron chi connectivity index (χ2n) is 4.89. The van der Waals surface area contributed by atoms with Crippen LogP contribution in [0, 0.1) is 5.92 Å². The normalized spacial score (nSPS) is 32.2. The standard InChI is InChI=1S/C13H28N2/c1-5-11-8-9-12(14-6-2)13(10-11)15(4)7-3/h11-14H,5-10H2,1-4H3. The first-order valence-corrected chi connectivity index (χ1v) is 6.66. The molecular weight excluding hydrogens is 184 g/mol. The molecule has 2 heteroatoms. The molecule has 1 aliphatic carbocycles. The Morgan fingerprint density at radius 2 is 1.93 bits per heavy atom. The van der Waals surface area contributed by atoms with Crippen LogP contribution < -0.4 is 5.32 Å². The smallest absolute Gasteiger partial charge is 0.0248 e. The van der Waals surface area contributed by atoms with Crippen LogP contribution in [0.5, 0.6) is 0 Å². The molecule has 1 rings (SSSR count). The van der Waals surface area contributed by atoms with E-state index in [1.54, 1.807) is 0 Å². The fourth-order valence-electron chi connectivity index (χ4n) is 2.82. The molecule has 15 heavy (non-hydrogen) atoms. The molecular formula is C13H28N2. The van der Waals surface area contributed by atoms with Crippen LogP contribution in [0.3, 0.4) is 0 Å². The Bertz CT molecular complexity index is 170. The molecule has 0 bridgehead atoms. The Balaban J connectivity index is 2.55. The van der Waals surface area contributed by atoms with Gasteiger partial charge in [0.1, 0.15) is 0 Å². The zero-order valence-corrected chi connectivity index (χ0v) is 10.9. The van der Waals surface area contributed by atoms with E-state index in [0.29, 0.717) is 0 Å². The van der Waals surface area contributed by atoms with Crippen LogP contribution in [0.4, 0.5) is 0 Å². The zero-order valence-electron chi connectivity index (χ0n) is 10.9. The molecule has 0 radical (unpaired) electrons. The van der Waals surface area contributed by atoms with E-state index >= 15 is 0 Å². The van der Waals surface area contributed by atoms with Crippen LogP contribution >= 0.6 is 0 Å². The average molecular weight is 212 g/mol. The highest BCUT2D eigenvalue weighted by atomic mass is 15.2. The summed E-state index contributed by atoms with van der Waals surface area (Å²) in [4.78, 5) is 2.52. The molecule has 1 saturated carbocycles. The van der Waals surface area contributed by atoms with Crippen molar-refractivity contribution in [2.75, 3.05) is 20.1 Å². The van der Waals surface area contributed by atoms with Gasteiger partial charge in [0.2, 0.25) is 0 Å². The van der Waals surface area contributed by atoms with Crippen molar-refractivity contribution in [1.82, 2.24) is 10.2 Å². The fraction of sp³-hybridized carbons (Fsp3) is 1.00. The predicted octanol–water partition coefficient (Wildman–Crippen LogP) is 2.49. The molecule has 3 atom stereocenters. The summed E-state index contributed by atoms with van der Waals surface area (Å²) in [5.74, 6) is 0.957. The van der Waals surface area contributed by atoms with E-state index in [1.165, 1.54) is 32.2 Å². The van der Waals surface area contributed by atoms with Crippen molar-refractivity contribution < 1.29 is 0 Å². The first-order valence-electron chi connectivity index (χ1n) is 6.66. The molecule has 2 nitrogen and oxygen atoms in total. The molecule has 0 aliphatic heterocycles. The maximum absolute atomic E-state index is 3.65. The highest BCUT2D eigenvalue weighted by Gasteiger charge is 2.30. The summed E-state index contributed by atoms with van der Waals surface area (Å²) >= 11 is 0. The zero-order chi connectivity index (χ0) is 11.3. The Kier molecular flexibility index (Phi) is 5.62. The molecule has 0 aromatic carbocycles. The van der Waals surface area contributed by atoms with E-state index in [2.05, 4.69) is 38.0 Å². The van der Waals surface area contributed by atoms with Crippen LogP contribution in [0.15, 0.2) is 0 Å². The lowest BCUT2D eigenvalue weighted by Gasteiger charge is -2.41. The minimum absolute atomic E-state index is 0.725. The van der Waals surface area contributed by atoms with E-state index in [1.807, 2.05) is 0 Å². The van der Waals surface area contributed by atoms with Crippen LogP contribution in [-0.2, 0) is 0 Å². The monoisotopic (exact) mass is 212 g/mol. The van der Waals surface area contributed by atoms with Crippen LogP contribution in [0.2, 0.25) is 0 Å². The van der Waals surface area contributed by atoms with Gasteiger partial charge in [-0.2, -0.15) is 0 Å². The molecule has 1 N–H and O–H groups in total. The summed E-state index contributed by atoms with van der Waals surface area (Å²) in [5, 5.41) is 3.65. The highest BCUT2D eigenvalue weighted by Crippen LogP contribution is 2.29. The topological polar surface area (TPSA) is 15.3 Å². The lowest BCUT2D eigenvalue weighted by Crippen LogP contribution is -2.51. The van der Waals surface area contributed by atoms with E-state index < -0.39 is 0 Å². The summed E-state index contributed by atoms with van der Waals surface area (Å²) in [5.41, 5.74) is 0. The van der Waals surface area contributed by atoms with Crippen LogP contribution in [0.1, 0.15) is 46.5 Å². The van der Waals surface area contributed by atoms with Crippen molar-refractivity contribution in [2.24, 2.45) is 5.92 Å². The molecule has 1 aliphatic rings. The minimum atomic E-state index is 0.725. The van der Waals surface area contributed by atoms with E-state index in [0.717, 1.165) is 24.5 Å². The first kappa shape index (κ1) is 13.0. The molecule has 0 saturated heterocycles.